The number of aromatic nitrogens is 2. The van der Waals surface area contributed by atoms with Gasteiger partial charge in [-0.1, -0.05) is 37.0 Å². The average Bonchev–Trinajstić information content (AvgIpc) is 2.91. The highest BCUT2D eigenvalue weighted by atomic mass is 35.5. The van der Waals surface area contributed by atoms with Crippen LogP contribution in [0.4, 0.5) is 9.93 Å². The SMILES string of the molecule is CN1CCC(OC(=O)C2CCCCCC2)N(c2nnc(CCl)s2)C1=O. The molecule has 0 aromatic carbocycles. The first kappa shape index (κ1) is 18.4. The standard InChI is InChI=1S/C16H23ClN4O3S/c1-20-9-8-13(24-14(22)11-6-4-2-3-5-7-11)21(16(20)23)15-19-18-12(10-17)25-15/h11,13H,2-10H2,1H3. The van der Waals surface area contributed by atoms with E-state index in [0.717, 1.165) is 25.7 Å². The normalized spacial score (nSPS) is 22.8. The van der Waals surface area contributed by atoms with Gasteiger partial charge in [0.15, 0.2) is 6.23 Å². The van der Waals surface area contributed by atoms with Crippen LogP contribution in [0, 0.1) is 5.92 Å². The summed E-state index contributed by atoms with van der Waals surface area (Å²) in [6, 6.07) is -0.234. The fourth-order valence-corrected chi connectivity index (χ4v) is 4.23. The quantitative estimate of drug-likeness (QED) is 0.450. The maximum absolute atomic E-state index is 12.6. The van der Waals surface area contributed by atoms with Crippen molar-refractivity contribution in [1.82, 2.24) is 15.1 Å². The van der Waals surface area contributed by atoms with Gasteiger partial charge in [0.25, 0.3) is 0 Å². The lowest BCUT2D eigenvalue weighted by atomic mass is 10.0. The van der Waals surface area contributed by atoms with Gasteiger partial charge >= 0.3 is 12.0 Å². The Morgan fingerprint density at radius 1 is 1.24 bits per heavy atom. The maximum Gasteiger partial charge on any atom is 0.329 e. The highest BCUT2D eigenvalue weighted by molar-refractivity contribution is 7.15. The fraction of sp³-hybridized carbons (Fsp3) is 0.750. The zero-order valence-electron chi connectivity index (χ0n) is 14.3. The second kappa shape index (κ2) is 8.31. The van der Waals surface area contributed by atoms with Gasteiger partial charge in [-0.3, -0.25) is 4.79 Å². The molecule has 2 aliphatic rings. The summed E-state index contributed by atoms with van der Waals surface area (Å²) in [5.74, 6) is -0.0227. The third kappa shape index (κ3) is 4.23. The highest BCUT2D eigenvalue weighted by Gasteiger charge is 2.38. The maximum atomic E-state index is 12.6. The number of esters is 1. The Morgan fingerprint density at radius 2 is 1.96 bits per heavy atom. The summed E-state index contributed by atoms with van der Waals surface area (Å²) in [4.78, 5) is 28.3. The fourth-order valence-electron chi connectivity index (χ4n) is 3.29. The lowest BCUT2D eigenvalue weighted by molar-refractivity contribution is -0.155. The summed E-state index contributed by atoms with van der Waals surface area (Å²) in [6.07, 6.45) is 6.13. The van der Waals surface area contributed by atoms with E-state index in [1.54, 1.807) is 11.9 Å². The van der Waals surface area contributed by atoms with Gasteiger partial charge in [0.2, 0.25) is 5.13 Å². The second-order valence-corrected chi connectivity index (χ2v) is 7.86. The third-order valence-electron chi connectivity index (χ3n) is 4.75. The van der Waals surface area contributed by atoms with E-state index in [1.165, 1.54) is 29.1 Å². The van der Waals surface area contributed by atoms with Crippen LogP contribution in [-0.2, 0) is 15.4 Å². The first-order valence-corrected chi connectivity index (χ1v) is 10.1. The van der Waals surface area contributed by atoms with Crippen molar-refractivity contribution in [2.24, 2.45) is 5.92 Å². The summed E-state index contributed by atoms with van der Waals surface area (Å²) < 4.78 is 5.76. The number of hydrogen-bond acceptors (Lipinski definition) is 6. The van der Waals surface area contributed by atoms with Crippen molar-refractivity contribution in [3.8, 4) is 0 Å². The number of halogens is 1. The van der Waals surface area contributed by atoms with Crippen LogP contribution in [0.25, 0.3) is 0 Å². The van der Waals surface area contributed by atoms with Crippen LogP contribution in [0.1, 0.15) is 50.0 Å². The summed E-state index contributed by atoms with van der Waals surface area (Å²) >= 11 is 7.04. The number of ether oxygens (including phenoxy) is 1. The van der Waals surface area contributed by atoms with Crippen LogP contribution in [0.5, 0.6) is 0 Å². The molecule has 1 atom stereocenters. The van der Waals surface area contributed by atoms with Gasteiger partial charge in [-0.25, -0.2) is 9.69 Å². The summed E-state index contributed by atoms with van der Waals surface area (Å²) in [5.41, 5.74) is 0. The summed E-state index contributed by atoms with van der Waals surface area (Å²) in [6.45, 7) is 0.541. The molecule has 1 aromatic heterocycles. The van der Waals surface area contributed by atoms with E-state index in [0.29, 0.717) is 23.1 Å². The molecule has 3 rings (SSSR count). The van der Waals surface area contributed by atoms with Crippen molar-refractivity contribution in [2.75, 3.05) is 18.5 Å². The number of nitrogens with zero attached hydrogens (tertiary/aromatic N) is 4. The Hall–Kier alpha value is -1.41. The van der Waals surface area contributed by atoms with E-state index >= 15 is 0 Å². The smallest absolute Gasteiger partial charge is 0.329 e. The number of hydrogen-bond donors (Lipinski definition) is 0. The van der Waals surface area contributed by atoms with Crippen LogP contribution < -0.4 is 4.90 Å². The molecule has 1 aromatic rings. The monoisotopic (exact) mass is 386 g/mol. The molecule has 1 aliphatic carbocycles. The minimum atomic E-state index is -0.629. The molecule has 0 bridgehead atoms. The molecular formula is C16H23ClN4O3S. The van der Waals surface area contributed by atoms with Gasteiger partial charge in [0.1, 0.15) is 5.01 Å². The van der Waals surface area contributed by atoms with Crippen molar-refractivity contribution in [3.05, 3.63) is 5.01 Å². The summed E-state index contributed by atoms with van der Waals surface area (Å²) in [7, 11) is 1.72. The Labute approximate surface area is 156 Å². The molecule has 0 radical (unpaired) electrons. The topological polar surface area (TPSA) is 75.6 Å². The highest BCUT2D eigenvalue weighted by Crippen LogP contribution is 2.30. The Morgan fingerprint density at radius 3 is 2.60 bits per heavy atom. The number of alkyl halides is 1. The molecular weight excluding hydrogens is 364 g/mol. The lowest BCUT2D eigenvalue weighted by Crippen LogP contribution is -2.55. The first-order chi connectivity index (χ1) is 12.1. The zero-order valence-corrected chi connectivity index (χ0v) is 15.9. The van der Waals surface area contributed by atoms with Crippen molar-refractivity contribution >= 4 is 40.1 Å². The molecule has 138 valence electrons. The second-order valence-electron chi connectivity index (χ2n) is 6.55. The van der Waals surface area contributed by atoms with E-state index in [9.17, 15) is 9.59 Å². The average molecular weight is 387 g/mol. The Balaban J connectivity index is 1.74. The van der Waals surface area contributed by atoms with Gasteiger partial charge in [-0.15, -0.1) is 21.8 Å². The number of rotatable bonds is 4. The lowest BCUT2D eigenvalue weighted by Gasteiger charge is -2.37. The van der Waals surface area contributed by atoms with Crippen LogP contribution in [0.2, 0.25) is 0 Å². The molecule has 9 heteroatoms. The number of anilines is 1. The molecule has 2 amide bonds. The van der Waals surface area contributed by atoms with Crippen LogP contribution >= 0.6 is 22.9 Å². The van der Waals surface area contributed by atoms with E-state index in [2.05, 4.69) is 10.2 Å². The Kier molecular flexibility index (Phi) is 6.11. The number of carbonyl (C=O) groups is 2. The molecule has 2 fully saturated rings. The van der Waals surface area contributed by atoms with Crippen molar-refractivity contribution < 1.29 is 14.3 Å². The van der Waals surface area contributed by atoms with Crippen LogP contribution in [-0.4, -0.2) is 46.9 Å². The molecule has 7 nitrogen and oxygen atoms in total. The molecule has 1 unspecified atom stereocenters. The molecule has 1 saturated heterocycles. The molecule has 2 heterocycles. The van der Waals surface area contributed by atoms with Gasteiger partial charge in [0.05, 0.1) is 11.8 Å². The van der Waals surface area contributed by atoms with Gasteiger partial charge in [0, 0.05) is 20.0 Å². The molecule has 0 N–H and O–H groups in total. The minimum Gasteiger partial charge on any atom is -0.441 e. The van der Waals surface area contributed by atoms with E-state index < -0.39 is 6.23 Å². The molecule has 1 aliphatic heterocycles. The molecule has 25 heavy (non-hydrogen) atoms. The minimum absolute atomic E-state index is 0.0630. The van der Waals surface area contributed by atoms with Gasteiger partial charge in [-0.2, -0.15) is 0 Å². The van der Waals surface area contributed by atoms with Crippen LogP contribution in [0.15, 0.2) is 0 Å². The van der Waals surface area contributed by atoms with Gasteiger partial charge in [-0.05, 0) is 12.8 Å². The molecule has 0 spiro atoms. The van der Waals surface area contributed by atoms with Crippen molar-refractivity contribution in [1.29, 1.82) is 0 Å². The number of amides is 2. The van der Waals surface area contributed by atoms with Crippen molar-refractivity contribution in [3.63, 3.8) is 0 Å². The first-order valence-electron chi connectivity index (χ1n) is 8.73. The van der Waals surface area contributed by atoms with E-state index in [4.69, 9.17) is 16.3 Å². The third-order valence-corrected chi connectivity index (χ3v) is 6.08. The zero-order chi connectivity index (χ0) is 17.8. The largest absolute Gasteiger partial charge is 0.441 e. The van der Waals surface area contributed by atoms with E-state index in [-0.39, 0.29) is 23.8 Å². The molecule has 1 saturated carbocycles. The Bertz CT molecular complexity index is 618. The van der Waals surface area contributed by atoms with E-state index in [1.807, 2.05) is 0 Å². The predicted molar refractivity (Wildman–Crippen MR) is 95.7 cm³/mol. The summed E-state index contributed by atoms with van der Waals surface area (Å²) in [5, 5.41) is 9.07. The number of urea groups is 1. The van der Waals surface area contributed by atoms with Crippen LogP contribution in [0.3, 0.4) is 0 Å². The predicted octanol–water partition coefficient (Wildman–Crippen LogP) is 3.38. The number of carbonyl (C=O) groups excluding carboxylic acids is 2. The van der Waals surface area contributed by atoms with Crippen molar-refractivity contribution in [2.45, 2.75) is 57.1 Å². The van der Waals surface area contributed by atoms with Gasteiger partial charge < -0.3 is 9.64 Å².